The van der Waals surface area contributed by atoms with E-state index in [0.29, 0.717) is 55.2 Å². The van der Waals surface area contributed by atoms with Crippen molar-refractivity contribution in [1.29, 1.82) is 0 Å². The fourth-order valence-electron chi connectivity index (χ4n) is 5.19. The Morgan fingerprint density at radius 2 is 2.28 bits per heavy atom. The third kappa shape index (κ3) is 2.76. The number of amides is 2. The van der Waals surface area contributed by atoms with Crippen LogP contribution in [0.25, 0.3) is 11.0 Å². The Morgan fingerprint density at radius 3 is 3.07 bits per heavy atom. The molecule has 1 N–H and O–H groups in total. The Balaban J connectivity index is 1.29. The molecular formula is C21H25FN4O3. The zero-order valence-electron chi connectivity index (χ0n) is 16.7. The van der Waals surface area contributed by atoms with Crippen molar-refractivity contribution in [1.82, 2.24) is 19.8 Å². The van der Waals surface area contributed by atoms with Gasteiger partial charge in [0.1, 0.15) is 11.6 Å². The average molecular weight is 400 g/mol. The quantitative estimate of drug-likeness (QED) is 0.854. The first kappa shape index (κ1) is 18.5. The van der Waals surface area contributed by atoms with Crippen molar-refractivity contribution in [3.8, 4) is 0 Å². The van der Waals surface area contributed by atoms with E-state index in [4.69, 9.17) is 4.74 Å². The number of H-pyrrole nitrogens is 1. The van der Waals surface area contributed by atoms with E-state index in [1.54, 1.807) is 6.07 Å². The maximum absolute atomic E-state index is 13.4. The predicted octanol–water partition coefficient (Wildman–Crippen LogP) is 2.22. The number of nitrogens with one attached hydrogen (secondary N) is 1. The number of carbonyl (C=O) groups is 2. The predicted molar refractivity (Wildman–Crippen MR) is 103 cm³/mol. The summed E-state index contributed by atoms with van der Waals surface area (Å²) in [5.41, 5.74) is 0.673. The zero-order chi connectivity index (χ0) is 20.3. The number of benzene rings is 1. The molecular weight excluding hydrogens is 375 g/mol. The number of fused-ring (bicyclic) bond motifs is 1. The molecule has 5 rings (SSSR count). The molecule has 0 saturated carbocycles. The number of imidazole rings is 1. The van der Waals surface area contributed by atoms with Crippen LogP contribution in [0.2, 0.25) is 0 Å². The molecule has 0 bridgehead atoms. The molecule has 0 aliphatic carbocycles. The first-order chi connectivity index (χ1) is 13.9. The Kier molecular flexibility index (Phi) is 4.17. The molecule has 3 aliphatic heterocycles. The molecule has 0 unspecified atom stereocenters. The highest BCUT2D eigenvalue weighted by Gasteiger charge is 2.65. The standard InChI is InChI=1S/C21H25FN4O3/c1-12(2)16-11-29-21-7-8-25(17(21)10-20(28)26(16)21)19(27)6-5-18-23-14-4-3-13(22)9-15(14)24-18/h3-4,9,12,16-17H,5-8,10-11H2,1-2H3,(H,23,24)/t16-,17+,21-/m0/s1. The van der Waals surface area contributed by atoms with Crippen LogP contribution in [0, 0.1) is 11.7 Å². The summed E-state index contributed by atoms with van der Waals surface area (Å²) in [6.45, 7) is 5.34. The van der Waals surface area contributed by atoms with E-state index in [0.717, 1.165) is 0 Å². The molecule has 2 amide bonds. The highest BCUT2D eigenvalue weighted by molar-refractivity contribution is 5.85. The van der Waals surface area contributed by atoms with Crippen molar-refractivity contribution in [3.05, 3.63) is 29.8 Å². The number of hydrogen-bond donors (Lipinski definition) is 1. The van der Waals surface area contributed by atoms with Crippen LogP contribution >= 0.6 is 0 Å². The van der Waals surface area contributed by atoms with E-state index in [1.807, 2.05) is 9.80 Å². The van der Waals surface area contributed by atoms with Crippen molar-refractivity contribution in [3.63, 3.8) is 0 Å². The van der Waals surface area contributed by atoms with Gasteiger partial charge in [-0.3, -0.25) is 9.59 Å². The molecule has 3 atom stereocenters. The second kappa shape index (κ2) is 6.52. The summed E-state index contributed by atoms with van der Waals surface area (Å²) >= 11 is 0. The van der Waals surface area contributed by atoms with Gasteiger partial charge >= 0.3 is 0 Å². The minimum Gasteiger partial charge on any atom is -0.351 e. The molecule has 1 spiro atoms. The number of hydrogen-bond acceptors (Lipinski definition) is 4. The van der Waals surface area contributed by atoms with Gasteiger partial charge in [0.15, 0.2) is 5.72 Å². The Morgan fingerprint density at radius 1 is 1.45 bits per heavy atom. The smallest absolute Gasteiger partial charge is 0.227 e. The number of nitrogens with zero attached hydrogens (tertiary/aromatic N) is 3. The number of halogens is 1. The van der Waals surface area contributed by atoms with E-state index >= 15 is 0 Å². The second-order valence-electron chi connectivity index (χ2n) is 8.63. The first-order valence-corrected chi connectivity index (χ1v) is 10.3. The van der Waals surface area contributed by atoms with Crippen LogP contribution in [0.3, 0.4) is 0 Å². The van der Waals surface area contributed by atoms with E-state index in [1.165, 1.54) is 12.1 Å². The molecule has 154 valence electrons. The van der Waals surface area contributed by atoms with Crippen molar-refractivity contribution < 1.29 is 18.7 Å². The van der Waals surface area contributed by atoms with Crippen molar-refractivity contribution in [2.45, 2.75) is 57.3 Å². The lowest BCUT2D eigenvalue weighted by molar-refractivity contribution is -0.141. The molecule has 3 aliphatic rings. The summed E-state index contributed by atoms with van der Waals surface area (Å²) < 4.78 is 19.5. The van der Waals surface area contributed by atoms with Crippen LogP contribution in [0.5, 0.6) is 0 Å². The van der Waals surface area contributed by atoms with Gasteiger partial charge in [0, 0.05) is 25.8 Å². The fourth-order valence-corrected chi connectivity index (χ4v) is 5.19. The van der Waals surface area contributed by atoms with E-state index < -0.39 is 5.72 Å². The van der Waals surface area contributed by atoms with Crippen molar-refractivity contribution >= 4 is 22.8 Å². The monoisotopic (exact) mass is 400 g/mol. The van der Waals surface area contributed by atoms with Crippen LogP contribution in [0.15, 0.2) is 18.2 Å². The number of ether oxygens (including phenoxy) is 1. The molecule has 2 aromatic rings. The molecule has 3 saturated heterocycles. The van der Waals surface area contributed by atoms with E-state index in [-0.39, 0.29) is 36.1 Å². The third-order valence-corrected chi connectivity index (χ3v) is 6.65. The Hall–Kier alpha value is -2.48. The van der Waals surface area contributed by atoms with Gasteiger partial charge in [-0.05, 0) is 24.1 Å². The lowest BCUT2D eigenvalue weighted by Gasteiger charge is -2.34. The second-order valence-corrected chi connectivity index (χ2v) is 8.63. The normalized spacial score (nSPS) is 28.6. The Bertz CT molecular complexity index is 989. The summed E-state index contributed by atoms with van der Waals surface area (Å²) in [5, 5.41) is 0. The van der Waals surface area contributed by atoms with Crippen LogP contribution in [0.1, 0.15) is 38.9 Å². The largest absolute Gasteiger partial charge is 0.351 e. The molecule has 8 heteroatoms. The molecule has 7 nitrogen and oxygen atoms in total. The summed E-state index contributed by atoms with van der Waals surface area (Å²) in [7, 11) is 0. The number of likely N-dealkylation sites (tertiary alicyclic amines) is 1. The fraction of sp³-hybridized carbons (Fsp3) is 0.571. The lowest BCUT2D eigenvalue weighted by atomic mass is 10.0. The average Bonchev–Trinajstić information content (AvgIpc) is 3.39. The maximum Gasteiger partial charge on any atom is 0.227 e. The van der Waals surface area contributed by atoms with Crippen molar-refractivity contribution in [2.75, 3.05) is 13.2 Å². The first-order valence-electron chi connectivity index (χ1n) is 10.3. The number of aromatic nitrogens is 2. The minimum absolute atomic E-state index is 0.00441. The third-order valence-electron chi connectivity index (χ3n) is 6.65. The number of aromatic amines is 1. The van der Waals surface area contributed by atoms with E-state index in [2.05, 4.69) is 23.8 Å². The molecule has 4 heterocycles. The molecule has 29 heavy (non-hydrogen) atoms. The zero-order valence-corrected chi connectivity index (χ0v) is 16.7. The van der Waals surface area contributed by atoms with Gasteiger partial charge in [0.2, 0.25) is 11.8 Å². The molecule has 3 fully saturated rings. The van der Waals surface area contributed by atoms with Gasteiger partial charge < -0.3 is 19.5 Å². The van der Waals surface area contributed by atoms with E-state index in [9.17, 15) is 14.0 Å². The van der Waals surface area contributed by atoms with Crippen LogP contribution in [-0.2, 0) is 20.7 Å². The summed E-state index contributed by atoms with van der Waals surface area (Å²) in [4.78, 5) is 36.9. The summed E-state index contributed by atoms with van der Waals surface area (Å²) in [6.07, 6.45) is 1.73. The van der Waals surface area contributed by atoms with Gasteiger partial charge in [0.25, 0.3) is 0 Å². The molecule has 1 aromatic heterocycles. The van der Waals surface area contributed by atoms with Gasteiger partial charge in [-0.1, -0.05) is 13.8 Å². The molecule has 1 aromatic carbocycles. The minimum atomic E-state index is -0.640. The summed E-state index contributed by atoms with van der Waals surface area (Å²) in [5.74, 6) is 0.749. The SMILES string of the molecule is CC(C)[C@@H]1CO[C@@]23CCN(C(=O)CCc4nc5ccc(F)cc5[nH]4)[C@@H]2CC(=O)N13. The van der Waals surface area contributed by atoms with Gasteiger partial charge in [-0.2, -0.15) is 0 Å². The van der Waals surface area contributed by atoms with Crippen LogP contribution in [0.4, 0.5) is 4.39 Å². The molecule has 0 radical (unpaired) electrons. The number of rotatable bonds is 4. The maximum atomic E-state index is 13.4. The van der Waals surface area contributed by atoms with Crippen LogP contribution < -0.4 is 0 Å². The summed E-state index contributed by atoms with van der Waals surface area (Å²) in [6, 6.07) is 4.27. The highest BCUT2D eigenvalue weighted by Crippen LogP contribution is 2.48. The van der Waals surface area contributed by atoms with Crippen LogP contribution in [-0.4, -0.2) is 62.5 Å². The van der Waals surface area contributed by atoms with Gasteiger partial charge in [0.05, 0.1) is 36.1 Å². The number of aryl methyl sites for hydroxylation is 1. The highest BCUT2D eigenvalue weighted by atomic mass is 19.1. The van der Waals surface area contributed by atoms with Gasteiger partial charge in [-0.15, -0.1) is 0 Å². The lowest BCUT2D eigenvalue weighted by Crippen LogP contribution is -2.51. The Labute approximate surface area is 168 Å². The number of carbonyl (C=O) groups excluding carboxylic acids is 2. The van der Waals surface area contributed by atoms with Gasteiger partial charge in [-0.25, -0.2) is 9.37 Å². The topological polar surface area (TPSA) is 78.5 Å². The van der Waals surface area contributed by atoms with Crippen molar-refractivity contribution in [2.24, 2.45) is 5.92 Å².